The lowest BCUT2D eigenvalue weighted by Crippen LogP contribution is -2.59. The van der Waals surface area contributed by atoms with E-state index < -0.39 is 0 Å². The molecule has 3 aliphatic heterocycles. The van der Waals surface area contributed by atoms with Crippen LogP contribution >= 0.6 is 0 Å². The SMILES string of the molecule is CC1CN(C2COC2)CCN1c1ccc(Nc2cc(-c3ccnc(N4CCn5c(cc6c5CC(C)(C)C6)C4=O)c3C=O)cn(C)c2=O)nc1. The molecule has 254 valence electrons. The van der Waals surface area contributed by atoms with E-state index in [0.29, 0.717) is 64.9 Å². The van der Waals surface area contributed by atoms with Gasteiger partial charge in [0.2, 0.25) is 0 Å². The summed E-state index contributed by atoms with van der Waals surface area (Å²) in [5.74, 6) is 0.703. The Balaban J connectivity index is 1.04. The Morgan fingerprint density at radius 3 is 2.57 bits per heavy atom. The molecule has 0 saturated carbocycles. The number of pyridine rings is 3. The van der Waals surface area contributed by atoms with Crippen molar-refractivity contribution in [2.24, 2.45) is 12.5 Å². The Morgan fingerprint density at radius 1 is 1.02 bits per heavy atom. The number of ether oxygens (including phenoxy) is 1. The zero-order valence-corrected chi connectivity index (χ0v) is 28.5. The van der Waals surface area contributed by atoms with Crippen LogP contribution in [0.1, 0.15) is 52.9 Å². The second kappa shape index (κ2) is 12.0. The molecule has 4 aromatic rings. The van der Waals surface area contributed by atoms with Crippen molar-refractivity contribution in [3.05, 3.63) is 81.8 Å². The first kappa shape index (κ1) is 31.5. The molecule has 12 heteroatoms. The number of aldehydes is 1. The van der Waals surface area contributed by atoms with Crippen molar-refractivity contribution in [2.45, 2.75) is 52.2 Å². The van der Waals surface area contributed by atoms with Gasteiger partial charge in [-0.25, -0.2) is 9.97 Å². The number of nitrogens with one attached hydrogen (secondary N) is 1. The number of carbonyl (C=O) groups is 2. The number of carbonyl (C=O) groups excluding carboxylic acids is 2. The maximum atomic E-state index is 13.8. The average molecular weight is 663 g/mol. The van der Waals surface area contributed by atoms with E-state index in [-0.39, 0.29) is 16.9 Å². The highest BCUT2D eigenvalue weighted by Gasteiger charge is 2.38. The van der Waals surface area contributed by atoms with Crippen molar-refractivity contribution >= 4 is 35.2 Å². The van der Waals surface area contributed by atoms with Crippen molar-refractivity contribution < 1.29 is 14.3 Å². The molecule has 1 aliphatic carbocycles. The van der Waals surface area contributed by atoms with Gasteiger partial charge in [-0.2, -0.15) is 0 Å². The molecule has 2 saturated heterocycles. The summed E-state index contributed by atoms with van der Waals surface area (Å²) in [6.07, 6.45) is 7.79. The zero-order chi connectivity index (χ0) is 34.0. The quantitative estimate of drug-likeness (QED) is 0.294. The Hall–Kier alpha value is -4.81. The lowest BCUT2D eigenvalue weighted by atomic mass is 9.90. The molecule has 1 unspecified atom stereocenters. The number of piperazine rings is 1. The van der Waals surface area contributed by atoms with Crippen LogP contribution in [0.2, 0.25) is 0 Å². The lowest BCUT2D eigenvalue weighted by Gasteiger charge is -2.46. The number of aryl methyl sites for hydroxylation is 1. The summed E-state index contributed by atoms with van der Waals surface area (Å²) in [4.78, 5) is 55.5. The molecule has 8 rings (SSSR count). The van der Waals surface area contributed by atoms with E-state index in [9.17, 15) is 14.4 Å². The Bertz CT molecular complexity index is 2010. The van der Waals surface area contributed by atoms with Gasteiger partial charge in [-0.15, -0.1) is 0 Å². The van der Waals surface area contributed by atoms with Crippen LogP contribution in [0.25, 0.3) is 11.1 Å². The normalized spacial score (nSPS) is 20.6. The van der Waals surface area contributed by atoms with Gasteiger partial charge < -0.3 is 24.1 Å². The van der Waals surface area contributed by atoms with Crippen LogP contribution in [0, 0.1) is 5.41 Å². The highest BCUT2D eigenvalue weighted by Crippen LogP contribution is 2.40. The molecule has 2 fully saturated rings. The smallest absolute Gasteiger partial charge is 0.276 e. The number of rotatable bonds is 7. The maximum Gasteiger partial charge on any atom is 0.276 e. The second-order valence-electron chi connectivity index (χ2n) is 14.7. The van der Waals surface area contributed by atoms with Crippen molar-refractivity contribution in [2.75, 3.05) is 54.5 Å². The van der Waals surface area contributed by atoms with Gasteiger partial charge >= 0.3 is 0 Å². The molecule has 4 aliphatic rings. The van der Waals surface area contributed by atoms with Crippen LogP contribution in [0.5, 0.6) is 0 Å². The fourth-order valence-electron chi connectivity index (χ4n) is 8.01. The first-order valence-corrected chi connectivity index (χ1v) is 17.1. The molecular weight excluding hydrogens is 620 g/mol. The first-order chi connectivity index (χ1) is 23.6. The second-order valence-corrected chi connectivity index (χ2v) is 14.7. The summed E-state index contributed by atoms with van der Waals surface area (Å²) in [5.41, 5.74) is 5.97. The average Bonchev–Trinajstić information content (AvgIpc) is 3.55. The fourth-order valence-corrected chi connectivity index (χ4v) is 8.01. The van der Waals surface area contributed by atoms with E-state index in [0.717, 1.165) is 57.7 Å². The number of anilines is 4. The molecule has 0 spiro atoms. The van der Waals surface area contributed by atoms with E-state index in [1.807, 2.05) is 24.4 Å². The molecule has 0 bridgehead atoms. The third-order valence-corrected chi connectivity index (χ3v) is 10.6. The van der Waals surface area contributed by atoms with Gasteiger partial charge in [0.25, 0.3) is 11.5 Å². The highest BCUT2D eigenvalue weighted by atomic mass is 16.5. The molecule has 1 amide bonds. The standard InChI is InChI=1S/C37H42N8O4/c1-23-18-42(27-21-49-22-27)9-10-43(23)26-5-6-33(39-17-26)40-30-13-25(19-41(4)35(30)47)28-7-8-38-34(29(28)20-46)45-12-11-44-31(36(45)48)14-24-15-37(2,3)16-32(24)44/h5-8,13-14,17,19-20,23,27H,9-12,15-16,18,21-22H2,1-4H3,(H,39,40). The molecule has 1 N–H and O–H groups in total. The highest BCUT2D eigenvalue weighted by molar-refractivity contribution is 6.08. The molecule has 0 aromatic carbocycles. The fraction of sp³-hybridized carbons (Fsp3) is 0.432. The van der Waals surface area contributed by atoms with Crippen LogP contribution in [0.3, 0.4) is 0 Å². The topological polar surface area (TPSA) is 118 Å². The summed E-state index contributed by atoms with van der Waals surface area (Å²) >= 11 is 0. The minimum atomic E-state index is -0.232. The molecule has 0 radical (unpaired) electrons. The number of hydrogen-bond acceptors (Lipinski definition) is 9. The molecule has 4 aromatic heterocycles. The monoisotopic (exact) mass is 662 g/mol. The van der Waals surface area contributed by atoms with Gasteiger partial charge in [-0.3, -0.25) is 24.2 Å². The summed E-state index contributed by atoms with van der Waals surface area (Å²) in [7, 11) is 1.68. The van der Waals surface area contributed by atoms with Crippen LogP contribution in [0.4, 0.5) is 23.0 Å². The number of aromatic nitrogens is 4. The third-order valence-electron chi connectivity index (χ3n) is 10.6. The predicted molar refractivity (Wildman–Crippen MR) is 188 cm³/mol. The van der Waals surface area contributed by atoms with Gasteiger partial charge in [0, 0.05) is 69.5 Å². The minimum Gasteiger partial charge on any atom is -0.378 e. The summed E-state index contributed by atoms with van der Waals surface area (Å²) in [6, 6.07) is 10.3. The van der Waals surface area contributed by atoms with E-state index in [1.54, 1.807) is 36.5 Å². The third kappa shape index (κ3) is 5.52. The van der Waals surface area contributed by atoms with Crippen LogP contribution < -0.4 is 20.7 Å². The Labute approximate surface area is 285 Å². The van der Waals surface area contributed by atoms with Crippen molar-refractivity contribution in [3.8, 4) is 11.1 Å². The lowest BCUT2D eigenvalue weighted by molar-refractivity contribution is -0.0691. The minimum absolute atomic E-state index is 0.159. The van der Waals surface area contributed by atoms with Crippen LogP contribution in [0.15, 0.2) is 53.7 Å². The largest absolute Gasteiger partial charge is 0.378 e. The van der Waals surface area contributed by atoms with Crippen LogP contribution in [-0.2, 0) is 31.2 Å². The molecule has 49 heavy (non-hydrogen) atoms. The van der Waals surface area contributed by atoms with Gasteiger partial charge in [-0.1, -0.05) is 13.8 Å². The van der Waals surface area contributed by atoms with Crippen molar-refractivity contribution in [1.82, 2.24) is 24.0 Å². The van der Waals surface area contributed by atoms with E-state index in [2.05, 4.69) is 50.4 Å². The van der Waals surface area contributed by atoms with Crippen molar-refractivity contribution in [1.29, 1.82) is 0 Å². The Kier molecular flexibility index (Phi) is 7.68. The van der Waals surface area contributed by atoms with E-state index >= 15 is 0 Å². The zero-order valence-electron chi connectivity index (χ0n) is 28.5. The van der Waals surface area contributed by atoms with E-state index in [1.165, 1.54) is 15.8 Å². The number of amides is 1. The maximum absolute atomic E-state index is 13.8. The molecule has 7 heterocycles. The molecule has 12 nitrogen and oxygen atoms in total. The van der Waals surface area contributed by atoms with Crippen molar-refractivity contribution in [3.63, 3.8) is 0 Å². The molecule has 1 atom stereocenters. The van der Waals surface area contributed by atoms with E-state index in [4.69, 9.17) is 4.74 Å². The number of hydrogen-bond donors (Lipinski definition) is 1. The van der Waals surface area contributed by atoms with Gasteiger partial charge in [0.1, 0.15) is 23.0 Å². The summed E-state index contributed by atoms with van der Waals surface area (Å²) in [6.45, 7) is 12.3. The van der Waals surface area contributed by atoms with Crippen LogP contribution in [-0.4, -0.2) is 87.7 Å². The summed E-state index contributed by atoms with van der Waals surface area (Å²) in [5, 5.41) is 3.20. The molecular formula is C37H42N8O4. The number of nitrogens with zero attached hydrogens (tertiary/aromatic N) is 7. The summed E-state index contributed by atoms with van der Waals surface area (Å²) < 4.78 is 9.01. The van der Waals surface area contributed by atoms with Gasteiger partial charge in [0.15, 0.2) is 6.29 Å². The first-order valence-electron chi connectivity index (χ1n) is 17.1. The predicted octanol–water partition coefficient (Wildman–Crippen LogP) is 3.89. The Morgan fingerprint density at radius 2 is 1.86 bits per heavy atom. The number of fused-ring (bicyclic) bond motifs is 3. The van der Waals surface area contributed by atoms with Gasteiger partial charge in [-0.05, 0) is 66.6 Å². The van der Waals surface area contributed by atoms with Gasteiger partial charge in [0.05, 0.1) is 36.7 Å².